The van der Waals surface area contributed by atoms with E-state index >= 15 is 0 Å². The highest BCUT2D eigenvalue weighted by Crippen LogP contribution is 2.33. The molecule has 3 heterocycles. The second-order valence-electron chi connectivity index (χ2n) is 9.32. The van der Waals surface area contributed by atoms with Crippen molar-refractivity contribution in [2.75, 3.05) is 26.2 Å². The third-order valence-electron chi connectivity index (χ3n) is 7.26. The van der Waals surface area contributed by atoms with E-state index in [1.54, 1.807) is 0 Å². The summed E-state index contributed by atoms with van der Waals surface area (Å²) in [4.78, 5) is 28.2. The van der Waals surface area contributed by atoms with E-state index in [9.17, 15) is 23.5 Å². The van der Waals surface area contributed by atoms with Gasteiger partial charge in [0.15, 0.2) is 0 Å². The Morgan fingerprint density at radius 3 is 2.50 bits per heavy atom. The molecule has 10 heteroatoms. The van der Waals surface area contributed by atoms with Crippen LogP contribution < -0.4 is 0 Å². The second kappa shape index (κ2) is 10.7. The SMILES string of the molecule is Cl.O=C(O)C1CCN(CC(=O)N2CCc3c(n(Cc4ccc(F)c(Cl)c4F)c4ccccc34)C2)CC1. The molecule has 36 heavy (non-hydrogen) atoms. The molecule has 5 rings (SSSR count). The van der Waals surface area contributed by atoms with E-state index in [1.165, 1.54) is 12.1 Å². The van der Waals surface area contributed by atoms with E-state index in [-0.39, 0.29) is 42.9 Å². The molecule has 2 aromatic carbocycles. The Labute approximate surface area is 218 Å². The summed E-state index contributed by atoms with van der Waals surface area (Å²) in [5.74, 6) is -2.68. The first-order chi connectivity index (χ1) is 16.8. The molecular weight excluding hydrogens is 511 g/mol. The number of carboxylic acids is 1. The third-order valence-corrected chi connectivity index (χ3v) is 7.60. The fraction of sp³-hybridized carbons (Fsp3) is 0.385. The van der Waals surface area contributed by atoms with Crippen LogP contribution in [-0.2, 0) is 29.1 Å². The van der Waals surface area contributed by atoms with E-state index in [0.29, 0.717) is 45.4 Å². The Balaban J connectivity index is 0.00000304. The van der Waals surface area contributed by atoms with E-state index in [0.717, 1.165) is 22.2 Å². The first-order valence-corrected chi connectivity index (χ1v) is 12.2. The molecular formula is C26H27Cl2F2N3O3. The van der Waals surface area contributed by atoms with E-state index in [2.05, 4.69) is 0 Å². The van der Waals surface area contributed by atoms with Crippen LogP contribution in [0.25, 0.3) is 10.9 Å². The molecule has 1 aromatic heterocycles. The zero-order chi connectivity index (χ0) is 24.7. The molecule has 0 bridgehead atoms. The number of carbonyl (C=O) groups excluding carboxylic acids is 1. The molecule has 0 unspecified atom stereocenters. The van der Waals surface area contributed by atoms with Gasteiger partial charge in [0.25, 0.3) is 0 Å². The summed E-state index contributed by atoms with van der Waals surface area (Å²) in [5, 5.41) is 9.75. The lowest BCUT2D eigenvalue weighted by Crippen LogP contribution is -2.45. The van der Waals surface area contributed by atoms with Gasteiger partial charge in [0.05, 0.1) is 25.6 Å². The molecule has 0 saturated carbocycles. The van der Waals surface area contributed by atoms with Crippen molar-refractivity contribution in [2.24, 2.45) is 5.92 Å². The quantitative estimate of drug-likeness (QED) is 0.478. The fourth-order valence-electron chi connectivity index (χ4n) is 5.28. The molecule has 0 radical (unpaired) electrons. The highest BCUT2D eigenvalue weighted by molar-refractivity contribution is 6.30. The largest absolute Gasteiger partial charge is 0.481 e. The van der Waals surface area contributed by atoms with Gasteiger partial charge in [-0.2, -0.15) is 0 Å². The maximum Gasteiger partial charge on any atom is 0.306 e. The first-order valence-electron chi connectivity index (χ1n) is 11.8. The monoisotopic (exact) mass is 537 g/mol. The lowest BCUT2D eigenvalue weighted by atomic mass is 9.97. The van der Waals surface area contributed by atoms with Gasteiger partial charge < -0.3 is 14.6 Å². The van der Waals surface area contributed by atoms with Crippen LogP contribution in [0.1, 0.15) is 29.7 Å². The molecule has 1 N–H and O–H groups in total. The molecule has 1 fully saturated rings. The van der Waals surface area contributed by atoms with E-state index in [4.69, 9.17) is 11.6 Å². The third kappa shape index (κ3) is 4.94. The summed E-state index contributed by atoms with van der Waals surface area (Å²) >= 11 is 5.82. The summed E-state index contributed by atoms with van der Waals surface area (Å²) in [5.41, 5.74) is 3.29. The number of carbonyl (C=O) groups is 2. The lowest BCUT2D eigenvalue weighted by molar-refractivity contribution is -0.143. The number of rotatable bonds is 5. The van der Waals surface area contributed by atoms with Crippen molar-refractivity contribution in [3.63, 3.8) is 0 Å². The number of aromatic nitrogens is 1. The zero-order valence-electron chi connectivity index (χ0n) is 19.6. The van der Waals surface area contributed by atoms with Crippen molar-refractivity contribution in [3.8, 4) is 0 Å². The van der Waals surface area contributed by atoms with Crippen LogP contribution in [0.4, 0.5) is 8.78 Å². The number of benzene rings is 2. The van der Waals surface area contributed by atoms with Crippen LogP contribution in [0.2, 0.25) is 5.02 Å². The highest BCUT2D eigenvalue weighted by Gasteiger charge is 2.30. The van der Waals surface area contributed by atoms with Gasteiger partial charge in [0, 0.05) is 28.7 Å². The number of likely N-dealkylation sites (tertiary alicyclic amines) is 1. The van der Waals surface area contributed by atoms with Crippen LogP contribution in [-0.4, -0.2) is 57.5 Å². The number of hydrogen-bond donors (Lipinski definition) is 1. The molecule has 6 nitrogen and oxygen atoms in total. The number of halogens is 4. The average molecular weight is 538 g/mol. The molecule has 3 aromatic rings. The number of fused-ring (bicyclic) bond motifs is 3. The van der Waals surface area contributed by atoms with Gasteiger partial charge in [-0.15, -0.1) is 12.4 Å². The molecule has 192 valence electrons. The first kappa shape index (κ1) is 26.4. The summed E-state index contributed by atoms with van der Waals surface area (Å²) in [7, 11) is 0. The molecule has 0 aliphatic carbocycles. The zero-order valence-corrected chi connectivity index (χ0v) is 21.1. The summed E-state index contributed by atoms with van der Waals surface area (Å²) in [6, 6.07) is 10.5. The van der Waals surface area contributed by atoms with Crippen molar-refractivity contribution >= 4 is 46.8 Å². The Bertz CT molecular complexity index is 1310. The predicted molar refractivity (Wildman–Crippen MR) is 136 cm³/mol. The van der Waals surface area contributed by atoms with Gasteiger partial charge in [-0.25, -0.2) is 8.78 Å². The number of carboxylic acid groups (broad SMARTS) is 1. The second-order valence-corrected chi connectivity index (χ2v) is 9.69. The Kier molecular flexibility index (Phi) is 7.87. The highest BCUT2D eigenvalue weighted by atomic mass is 35.5. The molecule has 1 amide bonds. The molecule has 0 atom stereocenters. The predicted octanol–water partition coefficient (Wildman–Crippen LogP) is 4.72. The van der Waals surface area contributed by atoms with Gasteiger partial charge in [0.1, 0.15) is 16.7 Å². The average Bonchev–Trinajstić information content (AvgIpc) is 3.17. The summed E-state index contributed by atoms with van der Waals surface area (Å²) in [6.07, 6.45) is 1.78. The summed E-state index contributed by atoms with van der Waals surface area (Å²) in [6.45, 7) is 2.59. The number of amides is 1. The van der Waals surface area contributed by atoms with Crippen LogP contribution in [0.5, 0.6) is 0 Å². The summed E-state index contributed by atoms with van der Waals surface area (Å²) < 4.78 is 30.4. The number of nitrogens with zero attached hydrogens (tertiary/aromatic N) is 3. The molecule has 2 aliphatic heterocycles. The molecule has 1 saturated heterocycles. The van der Waals surface area contributed by atoms with E-state index < -0.39 is 22.6 Å². The fourth-order valence-corrected chi connectivity index (χ4v) is 5.46. The lowest BCUT2D eigenvalue weighted by Gasteiger charge is -2.33. The van der Waals surface area contributed by atoms with Gasteiger partial charge in [-0.3, -0.25) is 14.5 Å². The Morgan fingerprint density at radius 2 is 1.78 bits per heavy atom. The topological polar surface area (TPSA) is 65.8 Å². The van der Waals surface area contributed by atoms with Gasteiger partial charge in [0.2, 0.25) is 5.91 Å². The van der Waals surface area contributed by atoms with Crippen LogP contribution in [0.15, 0.2) is 36.4 Å². The molecule has 2 aliphatic rings. The van der Waals surface area contributed by atoms with Crippen molar-refractivity contribution < 1.29 is 23.5 Å². The minimum Gasteiger partial charge on any atom is -0.481 e. The number of para-hydroxylation sites is 1. The Morgan fingerprint density at radius 1 is 1.06 bits per heavy atom. The van der Waals surface area contributed by atoms with Crippen molar-refractivity contribution in [3.05, 3.63) is 69.9 Å². The van der Waals surface area contributed by atoms with Crippen molar-refractivity contribution in [1.29, 1.82) is 0 Å². The normalized spacial score (nSPS) is 16.6. The Hall–Kier alpha value is -2.68. The number of hydrogen-bond acceptors (Lipinski definition) is 3. The maximum atomic E-state index is 14.7. The van der Waals surface area contributed by atoms with Gasteiger partial charge in [-0.05, 0) is 50.0 Å². The minimum absolute atomic E-state index is 0. The minimum atomic E-state index is -0.795. The van der Waals surface area contributed by atoms with Crippen LogP contribution in [0, 0.1) is 17.6 Å². The standard InChI is InChI=1S/C26H26ClF2N3O3.ClH/c27-24-20(28)6-5-17(25(24)29)13-32-21-4-2-1-3-18(21)19-9-12-31(14-22(19)32)23(33)15-30-10-7-16(8-11-30)26(34)35;/h1-6,16H,7-15H2,(H,34,35);1H. The number of aliphatic carboxylic acids is 1. The van der Waals surface area contributed by atoms with E-state index in [1.807, 2.05) is 38.6 Å². The molecule has 0 spiro atoms. The van der Waals surface area contributed by atoms with Gasteiger partial charge >= 0.3 is 5.97 Å². The van der Waals surface area contributed by atoms with Crippen molar-refractivity contribution in [2.45, 2.75) is 32.4 Å². The number of piperidine rings is 1. The maximum absolute atomic E-state index is 14.7. The van der Waals surface area contributed by atoms with Crippen LogP contribution >= 0.6 is 24.0 Å². The van der Waals surface area contributed by atoms with Gasteiger partial charge in [-0.1, -0.05) is 35.9 Å². The van der Waals surface area contributed by atoms with Crippen molar-refractivity contribution in [1.82, 2.24) is 14.4 Å². The smallest absolute Gasteiger partial charge is 0.306 e. The van der Waals surface area contributed by atoms with Crippen LogP contribution in [0.3, 0.4) is 0 Å².